The average molecular weight is 316 g/mol. The van der Waals surface area contributed by atoms with Gasteiger partial charge in [0.1, 0.15) is 11.6 Å². The molecule has 0 spiro atoms. The molecule has 0 aliphatic heterocycles. The molecule has 0 saturated heterocycles. The van der Waals surface area contributed by atoms with Gasteiger partial charge in [0, 0.05) is 17.8 Å². The molecule has 0 amide bonds. The van der Waals surface area contributed by atoms with E-state index >= 15 is 0 Å². The molecule has 0 aliphatic rings. The Labute approximate surface area is 111 Å². The molecular weight excluding hydrogens is 304 g/mol. The Morgan fingerprint density at radius 1 is 1.28 bits per heavy atom. The molecule has 5 heteroatoms. The summed E-state index contributed by atoms with van der Waals surface area (Å²) in [4.78, 5) is 14.8. The minimum atomic E-state index is -0.776. The molecule has 2 rings (SSSR count). The van der Waals surface area contributed by atoms with Crippen LogP contribution in [-0.4, -0.2) is 4.98 Å². The Morgan fingerprint density at radius 3 is 2.56 bits per heavy atom. The summed E-state index contributed by atoms with van der Waals surface area (Å²) in [6, 6.07) is 2.16. The highest BCUT2D eigenvalue weighted by molar-refractivity contribution is 9.10. The Balaban J connectivity index is 2.78. The van der Waals surface area contributed by atoms with Crippen LogP contribution in [-0.2, 0) is 6.42 Å². The number of halogens is 3. The van der Waals surface area contributed by atoms with E-state index in [4.69, 9.17) is 0 Å². The van der Waals surface area contributed by atoms with Crippen molar-refractivity contribution in [3.63, 3.8) is 0 Å². The predicted molar refractivity (Wildman–Crippen MR) is 70.7 cm³/mol. The van der Waals surface area contributed by atoms with Gasteiger partial charge in [0.15, 0.2) is 5.43 Å². The van der Waals surface area contributed by atoms with Gasteiger partial charge in [-0.05, 0) is 28.3 Å². The van der Waals surface area contributed by atoms with Crippen LogP contribution in [0.1, 0.15) is 19.5 Å². The molecule has 18 heavy (non-hydrogen) atoms. The lowest BCUT2D eigenvalue weighted by molar-refractivity contribution is 0.584. The third-order valence-electron chi connectivity index (χ3n) is 2.64. The maximum atomic E-state index is 13.7. The molecule has 1 aromatic heterocycles. The number of hydrogen-bond donors (Lipinski definition) is 1. The van der Waals surface area contributed by atoms with Crippen molar-refractivity contribution in [1.29, 1.82) is 0 Å². The van der Waals surface area contributed by atoms with Gasteiger partial charge < -0.3 is 4.98 Å². The monoisotopic (exact) mass is 315 g/mol. The van der Waals surface area contributed by atoms with Gasteiger partial charge in [-0.2, -0.15) is 0 Å². The van der Waals surface area contributed by atoms with Crippen molar-refractivity contribution in [3.05, 3.63) is 44.2 Å². The molecule has 2 aromatic rings. The molecule has 0 saturated carbocycles. The van der Waals surface area contributed by atoms with E-state index in [2.05, 4.69) is 20.9 Å². The zero-order valence-corrected chi connectivity index (χ0v) is 11.6. The van der Waals surface area contributed by atoms with Gasteiger partial charge in [-0.1, -0.05) is 13.8 Å². The van der Waals surface area contributed by atoms with Crippen LogP contribution in [0.15, 0.2) is 21.4 Å². The van der Waals surface area contributed by atoms with E-state index in [1.54, 1.807) is 0 Å². The number of benzene rings is 1. The molecule has 1 heterocycles. The van der Waals surface area contributed by atoms with Gasteiger partial charge in [-0.3, -0.25) is 4.79 Å². The van der Waals surface area contributed by atoms with E-state index in [9.17, 15) is 13.6 Å². The fourth-order valence-corrected chi connectivity index (χ4v) is 2.43. The lowest BCUT2D eigenvalue weighted by Crippen LogP contribution is -2.09. The number of aromatic amines is 1. The summed E-state index contributed by atoms with van der Waals surface area (Å²) in [5.41, 5.74) is 0.316. The normalized spacial score (nSPS) is 11.4. The molecule has 0 aliphatic carbocycles. The van der Waals surface area contributed by atoms with Crippen LogP contribution in [0.2, 0.25) is 0 Å². The van der Waals surface area contributed by atoms with E-state index in [-0.39, 0.29) is 20.8 Å². The van der Waals surface area contributed by atoms with Crippen molar-refractivity contribution in [2.75, 3.05) is 0 Å². The van der Waals surface area contributed by atoms with Gasteiger partial charge >= 0.3 is 0 Å². The van der Waals surface area contributed by atoms with Crippen LogP contribution >= 0.6 is 15.9 Å². The molecule has 0 radical (unpaired) electrons. The number of nitrogens with one attached hydrogen (secondary N) is 1. The standard InChI is InChI=1S/C13H12BrF2NO/c1-6(2)3-7-4-10(18)11-12(14)8(15)5-9(16)13(11)17-7/h4-6H,3H2,1-2H3,(H,17,18). The van der Waals surface area contributed by atoms with Gasteiger partial charge in [0.25, 0.3) is 0 Å². The summed E-state index contributed by atoms with van der Waals surface area (Å²) in [6.07, 6.45) is 0.639. The van der Waals surface area contributed by atoms with Crippen LogP contribution in [0, 0.1) is 17.6 Å². The smallest absolute Gasteiger partial charge is 0.191 e. The number of fused-ring (bicyclic) bond motifs is 1. The maximum absolute atomic E-state index is 13.7. The van der Waals surface area contributed by atoms with Gasteiger partial charge in [-0.15, -0.1) is 0 Å². The fourth-order valence-electron chi connectivity index (χ4n) is 1.93. The highest BCUT2D eigenvalue weighted by atomic mass is 79.9. The second kappa shape index (κ2) is 4.80. The lowest BCUT2D eigenvalue weighted by Gasteiger charge is -2.08. The van der Waals surface area contributed by atoms with Gasteiger partial charge in [0.2, 0.25) is 0 Å². The Morgan fingerprint density at radius 2 is 1.94 bits per heavy atom. The van der Waals surface area contributed by atoms with Crippen molar-refractivity contribution in [3.8, 4) is 0 Å². The zero-order valence-electron chi connectivity index (χ0n) is 9.98. The molecule has 0 atom stereocenters. The number of aromatic nitrogens is 1. The second-order valence-corrected chi connectivity index (χ2v) is 5.45. The van der Waals surface area contributed by atoms with Crippen molar-refractivity contribution < 1.29 is 8.78 Å². The quantitative estimate of drug-likeness (QED) is 0.841. The molecular formula is C13H12BrF2NO. The first-order valence-corrected chi connectivity index (χ1v) is 6.39. The van der Waals surface area contributed by atoms with Crippen molar-refractivity contribution in [2.24, 2.45) is 5.92 Å². The molecule has 0 unspecified atom stereocenters. The van der Waals surface area contributed by atoms with Gasteiger partial charge in [-0.25, -0.2) is 8.78 Å². The van der Waals surface area contributed by atoms with Crippen molar-refractivity contribution in [2.45, 2.75) is 20.3 Å². The first kappa shape index (κ1) is 13.2. The van der Waals surface area contributed by atoms with Crippen LogP contribution in [0.5, 0.6) is 0 Å². The molecule has 1 N–H and O–H groups in total. The van der Waals surface area contributed by atoms with Crippen LogP contribution in [0.3, 0.4) is 0 Å². The van der Waals surface area contributed by atoms with E-state index in [1.165, 1.54) is 6.07 Å². The summed E-state index contributed by atoms with van der Waals surface area (Å²) >= 11 is 2.98. The summed E-state index contributed by atoms with van der Waals surface area (Å²) in [5.74, 6) is -1.19. The Kier molecular flexibility index (Phi) is 3.52. The maximum Gasteiger partial charge on any atom is 0.191 e. The van der Waals surface area contributed by atoms with Crippen LogP contribution in [0.4, 0.5) is 8.78 Å². The Bertz CT molecular complexity index is 664. The molecule has 2 nitrogen and oxygen atoms in total. The highest BCUT2D eigenvalue weighted by Crippen LogP contribution is 2.26. The Hall–Kier alpha value is -1.23. The fraction of sp³-hybridized carbons (Fsp3) is 0.308. The summed E-state index contributed by atoms with van der Waals surface area (Å²) in [5, 5.41) is 0.0139. The van der Waals surface area contributed by atoms with Crippen LogP contribution in [0.25, 0.3) is 10.9 Å². The summed E-state index contributed by atoms with van der Waals surface area (Å²) in [7, 11) is 0. The SMILES string of the molecule is CC(C)Cc1cc(=O)c2c(Br)c(F)cc(F)c2[nH]1. The molecule has 0 bridgehead atoms. The number of H-pyrrole nitrogens is 1. The molecule has 1 aromatic carbocycles. The first-order chi connectivity index (χ1) is 8.40. The second-order valence-electron chi connectivity index (χ2n) is 4.66. The topological polar surface area (TPSA) is 32.9 Å². The van der Waals surface area contributed by atoms with E-state index in [0.29, 0.717) is 18.0 Å². The predicted octanol–water partition coefficient (Wildman–Crippen LogP) is 3.77. The minimum Gasteiger partial charge on any atom is -0.356 e. The summed E-state index contributed by atoms with van der Waals surface area (Å²) in [6.45, 7) is 4.00. The first-order valence-electron chi connectivity index (χ1n) is 5.59. The third kappa shape index (κ3) is 2.32. The zero-order chi connectivity index (χ0) is 13.4. The van der Waals surface area contributed by atoms with E-state index in [0.717, 1.165) is 6.07 Å². The van der Waals surface area contributed by atoms with Crippen molar-refractivity contribution in [1.82, 2.24) is 4.98 Å². The average Bonchev–Trinajstić information content (AvgIpc) is 2.24. The number of rotatable bonds is 2. The van der Waals surface area contributed by atoms with Crippen LogP contribution < -0.4 is 5.43 Å². The van der Waals surface area contributed by atoms with E-state index in [1.807, 2.05) is 13.8 Å². The summed E-state index contributed by atoms with van der Waals surface area (Å²) < 4.78 is 27.1. The van der Waals surface area contributed by atoms with E-state index < -0.39 is 11.6 Å². The number of pyridine rings is 1. The number of hydrogen-bond acceptors (Lipinski definition) is 1. The molecule has 96 valence electrons. The van der Waals surface area contributed by atoms with Gasteiger partial charge in [0.05, 0.1) is 15.4 Å². The largest absolute Gasteiger partial charge is 0.356 e. The van der Waals surface area contributed by atoms with Crippen molar-refractivity contribution >= 4 is 26.8 Å². The highest BCUT2D eigenvalue weighted by Gasteiger charge is 2.14. The molecule has 0 fully saturated rings. The lowest BCUT2D eigenvalue weighted by atomic mass is 10.1. The minimum absolute atomic E-state index is 0.00348. The third-order valence-corrected chi connectivity index (χ3v) is 3.41.